The molecule has 2 aromatic heterocycles. The Bertz CT molecular complexity index is 3010. The van der Waals surface area contributed by atoms with Crippen molar-refractivity contribution in [2.75, 3.05) is 0 Å². The number of rotatable bonds is 4. The number of allylic oxidation sites excluding steroid dienone is 4. The van der Waals surface area contributed by atoms with E-state index in [4.69, 9.17) is 0 Å². The molecule has 272 valence electrons. The molecule has 2 heterocycles. The van der Waals surface area contributed by atoms with Crippen LogP contribution in [0.15, 0.2) is 151 Å². The molecule has 0 atom stereocenters. The van der Waals surface area contributed by atoms with Crippen LogP contribution in [-0.4, -0.2) is 9.13 Å². The highest BCUT2D eigenvalue weighted by atomic mass is 15.0. The molecule has 8 aromatic rings. The van der Waals surface area contributed by atoms with Crippen LogP contribution in [-0.2, 0) is 10.8 Å². The van der Waals surface area contributed by atoms with Crippen LogP contribution in [0.5, 0.6) is 0 Å². The summed E-state index contributed by atoms with van der Waals surface area (Å²) in [6.45, 7) is 13.9. The Balaban J connectivity index is 1.16. The Labute approximate surface area is 330 Å². The van der Waals surface area contributed by atoms with Crippen LogP contribution in [0.3, 0.4) is 0 Å². The van der Waals surface area contributed by atoms with Gasteiger partial charge in [-0.2, -0.15) is 0 Å². The number of hydrogen-bond acceptors (Lipinski definition) is 0. The van der Waals surface area contributed by atoms with Crippen molar-refractivity contribution in [3.05, 3.63) is 185 Å². The molecule has 3 aliphatic carbocycles. The highest BCUT2D eigenvalue weighted by molar-refractivity contribution is 6.02. The molecular weight excluding hydrogens is 677 g/mol. The van der Waals surface area contributed by atoms with Crippen molar-refractivity contribution >= 4 is 27.4 Å². The van der Waals surface area contributed by atoms with E-state index in [1.54, 1.807) is 0 Å². The molecule has 0 N–H and O–H groups in total. The Morgan fingerprint density at radius 2 is 1.00 bits per heavy atom. The van der Waals surface area contributed by atoms with Gasteiger partial charge in [-0.3, -0.25) is 0 Å². The van der Waals surface area contributed by atoms with E-state index in [1.807, 2.05) is 0 Å². The third-order valence-corrected chi connectivity index (χ3v) is 13.3. The summed E-state index contributed by atoms with van der Waals surface area (Å²) in [6.07, 6.45) is 6.98. The van der Waals surface area contributed by atoms with Gasteiger partial charge in [0.1, 0.15) is 0 Å². The monoisotopic (exact) mass is 722 g/mol. The topological polar surface area (TPSA) is 9.86 Å². The number of aromatic nitrogens is 2. The molecule has 56 heavy (non-hydrogen) atoms. The highest BCUT2D eigenvalue weighted by Crippen LogP contribution is 2.52. The number of benzene rings is 6. The van der Waals surface area contributed by atoms with Gasteiger partial charge in [-0.25, -0.2) is 0 Å². The minimum Gasteiger partial charge on any atom is -0.309 e. The van der Waals surface area contributed by atoms with Gasteiger partial charge < -0.3 is 9.13 Å². The molecule has 0 unspecified atom stereocenters. The fraction of sp³-hybridized carbons (Fsp3) is 0.185. The fourth-order valence-corrected chi connectivity index (χ4v) is 10.3. The van der Waals surface area contributed by atoms with Gasteiger partial charge in [-0.05, 0) is 131 Å². The lowest BCUT2D eigenvalue weighted by atomic mass is 9.80. The summed E-state index contributed by atoms with van der Waals surface area (Å²) >= 11 is 0. The third kappa shape index (κ3) is 4.68. The van der Waals surface area contributed by atoms with Crippen LogP contribution in [0.2, 0.25) is 0 Å². The zero-order valence-electron chi connectivity index (χ0n) is 33.2. The van der Waals surface area contributed by atoms with E-state index in [-0.39, 0.29) is 10.8 Å². The Kier molecular flexibility index (Phi) is 6.94. The first-order valence-corrected chi connectivity index (χ1v) is 20.2. The van der Waals surface area contributed by atoms with Crippen molar-refractivity contribution < 1.29 is 0 Å². The molecule has 0 spiro atoms. The van der Waals surface area contributed by atoms with Crippen molar-refractivity contribution in [1.82, 2.24) is 9.13 Å². The standard InChI is InChI=1S/C54H46N2/c1-33-15-19-35(20-16-33)49-27-37-29-52-38(30-51(37)55(49)39-23-25-43-41-11-7-9-13-45(41)53(3,4)47(43)31-39)28-50(36-21-17-34(2)18-22-36)56(52)40-24-26-44-42-12-8-10-14-46(42)54(5,6)48(44)32-40/h7,9-11,13-32H,8,12H2,1-6H3. The largest absolute Gasteiger partial charge is 0.309 e. The van der Waals surface area contributed by atoms with Crippen molar-refractivity contribution in [2.24, 2.45) is 0 Å². The molecule has 3 aliphatic rings. The molecule has 0 radical (unpaired) electrons. The van der Waals surface area contributed by atoms with E-state index in [9.17, 15) is 0 Å². The summed E-state index contributed by atoms with van der Waals surface area (Å²) in [5.41, 5.74) is 23.5. The van der Waals surface area contributed by atoms with Gasteiger partial charge in [0.15, 0.2) is 0 Å². The summed E-state index contributed by atoms with van der Waals surface area (Å²) in [5, 5.41) is 2.46. The van der Waals surface area contributed by atoms with Crippen molar-refractivity contribution in [3.63, 3.8) is 0 Å². The summed E-state index contributed by atoms with van der Waals surface area (Å²) < 4.78 is 5.02. The predicted octanol–water partition coefficient (Wildman–Crippen LogP) is 14.2. The molecule has 6 aromatic carbocycles. The van der Waals surface area contributed by atoms with E-state index in [1.165, 1.54) is 111 Å². The molecular formula is C54H46N2. The Morgan fingerprint density at radius 1 is 0.482 bits per heavy atom. The van der Waals surface area contributed by atoms with Gasteiger partial charge in [0.2, 0.25) is 0 Å². The second-order valence-electron chi connectivity index (χ2n) is 17.5. The molecule has 0 fully saturated rings. The van der Waals surface area contributed by atoms with Crippen molar-refractivity contribution in [2.45, 2.75) is 65.2 Å². The number of fused-ring (bicyclic) bond motifs is 7. The normalized spacial score (nSPS) is 16.0. The minimum absolute atomic E-state index is 0.0379. The first-order valence-electron chi connectivity index (χ1n) is 20.2. The van der Waals surface area contributed by atoms with Crippen molar-refractivity contribution in [1.29, 1.82) is 0 Å². The van der Waals surface area contributed by atoms with Crippen LogP contribution in [0.1, 0.15) is 73.9 Å². The number of hydrogen-bond donors (Lipinski definition) is 0. The summed E-state index contributed by atoms with van der Waals surface area (Å²) in [4.78, 5) is 0. The second kappa shape index (κ2) is 11.7. The fourth-order valence-electron chi connectivity index (χ4n) is 10.3. The lowest BCUT2D eigenvalue weighted by Crippen LogP contribution is -2.17. The zero-order chi connectivity index (χ0) is 38.1. The smallest absolute Gasteiger partial charge is 0.0542 e. The quantitative estimate of drug-likeness (QED) is 0.171. The molecule has 0 aliphatic heterocycles. The molecule has 2 heteroatoms. The van der Waals surface area contributed by atoms with Gasteiger partial charge in [0.25, 0.3) is 0 Å². The average molecular weight is 723 g/mol. The highest BCUT2D eigenvalue weighted by Gasteiger charge is 2.38. The molecule has 0 saturated carbocycles. The van der Waals surface area contributed by atoms with Gasteiger partial charge in [0.05, 0.1) is 22.4 Å². The maximum Gasteiger partial charge on any atom is 0.0542 e. The maximum absolute atomic E-state index is 2.51. The molecule has 0 amide bonds. The lowest BCUT2D eigenvalue weighted by molar-refractivity contribution is 0.651. The molecule has 11 rings (SSSR count). The maximum atomic E-state index is 2.51. The van der Waals surface area contributed by atoms with Gasteiger partial charge in [-0.1, -0.05) is 136 Å². The van der Waals surface area contributed by atoms with E-state index in [2.05, 4.69) is 196 Å². The summed E-state index contributed by atoms with van der Waals surface area (Å²) in [6, 6.07) is 51.0. The van der Waals surface area contributed by atoms with Crippen LogP contribution in [0.25, 0.3) is 72.4 Å². The van der Waals surface area contributed by atoms with Gasteiger partial charge >= 0.3 is 0 Å². The average Bonchev–Trinajstić information content (AvgIpc) is 3.90. The predicted molar refractivity (Wildman–Crippen MR) is 236 cm³/mol. The minimum atomic E-state index is -0.0855. The third-order valence-electron chi connectivity index (χ3n) is 13.3. The molecule has 0 saturated heterocycles. The second-order valence-corrected chi connectivity index (χ2v) is 17.5. The van der Waals surface area contributed by atoms with E-state index >= 15 is 0 Å². The van der Waals surface area contributed by atoms with Gasteiger partial charge in [0, 0.05) is 33.0 Å². The van der Waals surface area contributed by atoms with Crippen molar-refractivity contribution in [3.8, 4) is 45.0 Å². The van der Waals surface area contributed by atoms with E-state index < -0.39 is 0 Å². The Morgan fingerprint density at radius 3 is 1.59 bits per heavy atom. The lowest BCUT2D eigenvalue weighted by Gasteiger charge is -2.24. The SMILES string of the molecule is Cc1ccc(-c2cc3cc4c(cc(-c5ccc(C)cc5)n4-c4ccc5c(c4)C(C)(C)c4ccccc4-5)cc3n2-c2ccc3c(c2)C(C)(C)C2=C3CCC=C2)cc1. The van der Waals surface area contributed by atoms with Crippen LogP contribution in [0.4, 0.5) is 0 Å². The van der Waals surface area contributed by atoms with E-state index in [0.717, 1.165) is 12.8 Å². The number of nitrogens with zero attached hydrogens (tertiary/aromatic N) is 2. The zero-order valence-corrected chi connectivity index (χ0v) is 33.2. The van der Waals surface area contributed by atoms with Gasteiger partial charge in [-0.15, -0.1) is 0 Å². The molecule has 0 bridgehead atoms. The number of aryl methyl sites for hydroxylation is 2. The van der Waals surface area contributed by atoms with Crippen LogP contribution in [0, 0.1) is 13.8 Å². The molecule has 2 nitrogen and oxygen atoms in total. The first kappa shape index (κ1) is 33.2. The summed E-state index contributed by atoms with van der Waals surface area (Å²) in [5.74, 6) is 0. The van der Waals surface area contributed by atoms with E-state index in [0.29, 0.717) is 0 Å². The first-order chi connectivity index (χ1) is 27.1. The Hall–Kier alpha value is -6.12. The summed E-state index contributed by atoms with van der Waals surface area (Å²) in [7, 11) is 0. The van der Waals surface area contributed by atoms with Crippen LogP contribution < -0.4 is 0 Å². The van der Waals surface area contributed by atoms with Crippen LogP contribution >= 0.6 is 0 Å².